The second-order valence-corrected chi connectivity index (χ2v) is 8.23. The van der Waals surface area contributed by atoms with Crippen molar-refractivity contribution in [2.75, 3.05) is 19.5 Å². The highest BCUT2D eigenvalue weighted by Crippen LogP contribution is 2.29. The fourth-order valence-corrected chi connectivity index (χ4v) is 3.05. The molecule has 3 N–H and O–H groups in total. The fourth-order valence-electron chi connectivity index (χ4n) is 2.89. The van der Waals surface area contributed by atoms with Gasteiger partial charge in [0.25, 0.3) is 5.91 Å². The quantitative estimate of drug-likeness (QED) is 0.591. The normalized spacial score (nSPS) is 11.8. The van der Waals surface area contributed by atoms with Gasteiger partial charge < -0.3 is 20.5 Å². The molecule has 1 aromatic rings. The maximum Gasteiger partial charge on any atom is 0.342 e. The number of carbonyl (C=O) groups excluding carboxylic acids is 2. The number of anilines is 1. The summed E-state index contributed by atoms with van der Waals surface area (Å²) in [5.41, 5.74) is 5.73. The number of nitrogens with two attached hydrogens (primary N) is 1. The molecule has 0 aliphatic carbocycles. The Hall–Kier alpha value is -1.95. The fraction of sp³-hybridized carbons (Fsp3) is 0.556. The van der Waals surface area contributed by atoms with Gasteiger partial charge in [0.1, 0.15) is 11.3 Å². The third kappa shape index (κ3) is 6.82. The Morgan fingerprint density at radius 2 is 1.80 bits per heavy atom. The zero-order valence-electron chi connectivity index (χ0n) is 15.7. The van der Waals surface area contributed by atoms with Crippen LogP contribution >= 0.6 is 11.6 Å². The van der Waals surface area contributed by atoms with E-state index in [0.717, 1.165) is 6.42 Å². The average molecular weight is 371 g/mol. The van der Waals surface area contributed by atoms with Crippen LogP contribution in [0.25, 0.3) is 0 Å². The number of rotatable bonds is 6. The lowest BCUT2D eigenvalue weighted by molar-refractivity contribution is -0.126. The van der Waals surface area contributed by atoms with Crippen molar-refractivity contribution in [3.8, 4) is 5.75 Å². The first-order valence-electron chi connectivity index (χ1n) is 7.96. The first-order chi connectivity index (χ1) is 11.3. The predicted molar refractivity (Wildman–Crippen MR) is 99.0 cm³/mol. The third-order valence-corrected chi connectivity index (χ3v) is 3.65. The summed E-state index contributed by atoms with van der Waals surface area (Å²) < 4.78 is 10.2. The summed E-state index contributed by atoms with van der Waals surface area (Å²) in [5, 5.41) is 3.09. The molecule has 0 aromatic heterocycles. The summed E-state index contributed by atoms with van der Waals surface area (Å²) in [6.07, 6.45) is 0.779. The van der Waals surface area contributed by atoms with E-state index in [1.807, 2.05) is 13.8 Å². The molecule has 25 heavy (non-hydrogen) atoms. The van der Waals surface area contributed by atoms with Crippen molar-refractivity contribution >= 4 is 29.2 Å². The molecular weight excluding hydrogens is 344 g/mol. The van der Waals surface area contributed by atoms with E-state index in [9.17, 15) is 9.59 Å². The number of hydrogen-bond acceptors (Lipinski definition) is 5. The molecule has 140 valence electrons. The molecule has 1 rings (SSSR count). The second kappa shape index (κ2) is 7.95. The number of amides is 1. The molecule has 0 unspecified atom stereocenters. The van der Waals surface area contributed by atoms with Gasteiger partial charge in [-0.1, -0.05) is 32.4 Å². The van der Waals surface area contributed by atoms with Crippen LogP contribution in [-0.2, 0) is 9.53 Å². The molecule has 0 saturated heterocycles. The van der Waals surface area contributed by atoms with Gasteiger partial charge in [0.05, 0.1) is 17.8 Å². The van der Waals surface area contributed by atoms with E-state index in [4.69, 9.17) is 26.8 Å². The van der Waals surface area contributed by atoms with E-state index in [1.165, 1.54) is 19.2 Å². The van der Waals surface area contributed by atoms with Gasteiger partial charge in [-0.15, -0.1) is 0 Å². The van der Waals surface area contributed by atoms with E-state index < -0.39 is 18.1 Å². The number of nitrogens with one attached hydrogen (secondary N) is 1. The Balaban J connectivity index is 2.71. The minimum atomic E-state index is -0.706. The van der Waals surface area contributed by atoms with Crippen molar-refractivity contribution in [2.24, 2.45) is 5.41 Å². The maximum absolute atomic E-state index is 12.2. The van der Waals surface area contributed by atoms with Gasteiger partial charge in [-0.05, 0) is 31.7 Å². The monoisotopic (exact) mass is 370 g/mol. The summed E-state index contributed by atoms with van der Waals surface area (Å²) in [6, 6.07) is 2.80. The van der Waals surface area contributed by atoms with Crippen LogP contribution in [0.3, 0.4) is 0 Å². The van der Waals surface area contributed by atoms with E-state index in [0.29, 0.717) is 0 Å². The zero-order chi connectivity index (χ0) is 19.4. The van der Waals surface area contributed by atoms with Crippen LogP contribution in [0.4, 0.5) is 5.69 Å². The molecule has 0 saturated carbocycles. The number of benzene rings is 1. The predicted octanol–water partition coefficient (Wildman–Crippen LogP) is 3.42. The van der Waals surface area contributed by atoms with Crippen LogP contribution in [-0.4, -0.2) is 31.1 Å². The van der Waals surface area contributed by atoms with E-state index in [2.05, 4.69) is 26.1 Å². The molecule has 0 bridgehead atoms. The Labute approximate surface area is 154 Å². The maximum atomic E-state index is 12.2. The lowest BCUT2D eigenvalue weighted by atomic mass is 9.82. The minimum absolute atomic E-state index is 0.0571. The van der Waals surface area contributed by atoms with Gasteiger partial charge in [0.2, 0.25) is 0 Å². The van der Waals surface area contributed by atoms with Crippen molar-refractivity contribution in [1.29, 1.82) is 0 Å². The van der Waals surface area contributed by atoms with E-state index in [-0.39, 0.29) is 33.3 Å². The molecule has 0 atom stereocenters. The number of ether oxygens (including phenoxy) is 2. The summed E-state index contributed by atoms with van der Waals surface area (Å²) in [7, 11) is 1.40. The second-order valence-electron chi connectivity index (χ2n) is 7.82. The highest BCUT2D eigenvalue weighted by atomic mass is 35.5. The van der Waals surface area contributed by atoms with Crippen molar-refractivity contribution in [2.45, 2.75) is 46.6 Å². The lowest BCUT2D eigenvalue weighted by Gasteiger charge is -2.33. The molecular formula is C18H27ClN2O4. The van der Waals surface area contributed by atoms with Crippen molar-refractivity contribution in [3.05, 3.63) is 22.7 Å². The summed E-state index contributed by atoms with van der Waals surface area (Å²) in [4.78, 5) is 24.3. The van der Waals surface area contributed by atoms with Crippen molar-refractivity contribution in [3.63, 3.8) is 0 Å². The molecule has 0 aliphatic heterocycles. The molecule has 1 aromatic carbocycles. The average Bonchev–Trinajstić information content (AvgIpc) is 2.43. The van der Waals surface area contributed by atoms with Crippen LogP contribution < -0.4 is 15.8 Å². The van der Waals surface area contributed by atoms with Crippen LogP contribution in [0.1, 0.15) is 51.4 Å². The minimum Gasteiger partial charge on any atom is -0.496 e. The van der Waals surface area contributed by atoms with E-state index in [1.54, 1.807) is 0 Å². The number of methoxy groups -OCH3 is 1. The smallest absolute Gasteiger partial charge is 0.342 e. The zero-order valence-corrected chi connectivity index (χ0v) is 16.4. The Morgan fingerprint density at radius 3 is 2.32 bits per heavy atom. The van der Waals surface area contributed by atoms with Gasteiger partial charge in [-0.2, -0.15) is 0 Å². The molecule has 0 aliphatic rings. The highest BCUT2D eigenvalue weighted by molar-refractivity contribution is 6.33. The highest BCUT2D eigenvalue weighted by Gasteiger charge is 2.27. The summed E-state index contributed by atoms with van der Waals surface area (Å²) in [6.45, 7) is 9.76. The molecule has 7 heteroatoms. The Morgan fingerprint density at radius 1 is 1.20 bits per heavy atom. The molecule has 0 spiro atoms. The lowest BCUT2D eigenvalue weighted by Crippen LogP contribution is -2.47. The Bertz CT molecular complexity index is 651. The number of esters is 1. The Kier molecular flexibility index (Phi) is 6.71. The first-order valence-corrected chi connectivity index (χ1v) is 8.33. The number of nitrogen functional groups attached to an aromatic ring is 1. The largest absolute Gasteiger partial charge is 0.496 e. The van der Waals surface area contributed by atoms with Gasteiger partial charge in [0.15, 0.2) is 6.61 Å². The molecule has 0 heterocycles. The van der Waals surface area contributed by atoms with Gasteiger partial charge in [-0.3, -0.25) is 4.79 Å². The number of carbonyl (C=O) groups is 2. The summed E-state index contributed by atoms with van der Waals surface area (Å²) >= 11 is 5.93. The molecule has 1 amide bonds. The van der Waals surface area contributed by atoms with Crippen molar-refractivity contribution in [1.82, 2.24) is 5.32 Å². The standard InChI is InChI=1S/C18H27ClN2O4/c1-17(2,3)10-18(4,5)21-15(22)9-25-16(23)11-7-12(19)13(20)8-14(11)24-6/h7-8H,9-10,20H2,1-6H3,(H,21,22). The van der Waals surface area contributed by atoms with Crippen LogP contribution in [0, 0.1) is 5.41 Å². The molecule has 6 nitrogen and oxygen atoms in total. The number of halogens is 1. The van der Waals surface area contributed by atoms with Crippen LogP contribution in [0.15, 0.2) is 12.1 Å². The van der Waals surface area contributed by atoms with Crippen LogP contribution in [0.2, 0.25) is 5.02 Å². The molecule has 0 radical (unpaired) electrons. The van der Waals surface area contributed by atoms with Gasteiger partial charge in [-0.25, -0.2) is 4.79 Å². The molecule has 0 fully saturated rings. The van der Waals surface area contributed by atoms with Crippen LogP contribution in [0.5, 0.6) is 5.75 Å². The van der Waals surface area contributed by atoms with Crippen molar-refractivity contribution < 1.29 is 19.1 Å². The topological polar surface area (TPSA) is 90.7 Å². The first kappa shape index (κ1) is 21.1. The summed E-state index contributed by atoms with van der Waals surface area (Å²) in [5.74, 6) is -0.842. The van der Waals surface area contributed by atoms with Gasteiger partial charge >= 0.3 is 5.97 Å². The SMILES string of the molecule is COc1cc(N)c(Cl)cc1C(=O)OCC(=O)NC(C)(C)CC(C)(C)C. The number of hydrogen-bond donors (Lipinski definition) is 2. The third-order valence-electron chi connectivity index (χ3n) is 3.32. The van der Waals surface area contributed by atoms with Gasteiger partial charge in [0, 0.05) is 11.6 Å². The van der Waals surface area contributed by atoms with E-state index >= 15 is 0 Å².